The quantitative estimate of drug-likeness (QED) is 0.488. The van der Waals surface area contributed by atoms with Crippen molar-refractivity contribution in [2.75, 3.05) is 13.1 Å². The van der Waals surface area contributed by atoms with Crippen molar-refractivity contribution >= 4 is 33.9 Å². The normalized spacial score (nSPS) is 20.5. The molecule has 1 fully saturated rings. The lowest BCUT2D eigenvalue weighted by Gasteiger charge is -2.34. The molecule has 10 heteroatoms. The maximum Gasteiger partial charge on any atom is 0.328 e. The maximum absolute atomic E-state index is 13.3. The minimum absolute atomic E-state index is 0.0821. The predicted molar refractivity (Wildman–Crippen MR) is 133 cm³/mol. The van der Waals surface area contributed by atoms with E-state index in [0.717, 1.165) is 45.5 Å². The number of piperazine rings is 1. The third-order valence-electron chi connectivity index (χ3n) is 6.52. The summed E-state index contributed by atoms with van der Waals surface area (Å²) in [6.45, 7) is 2.12. The van der Waals surface area contributed by atoms with Crippen molar-refractivity contribution in [3.8, 4) is 0 Å². The number of aliphatic carboxylic acids is 1. The van der Waals surface area contributed by atoms with Crippen molar-refractivity contribution in [3.63, 3.8) is 0 Å². The van der Waals surface area contributed by atoms with Crippen molar-refractivity contribution in [1.82, 2.24) is 14.9 Å². The Morgan fingerprint density at radius 2 is 1.94 bits per heavy atom. The van der Waals surface area contributed by atoms with Gasteiger partial charge < -0.3 is 15.7 Å². The van der Waals surface area contributed by atoms with Crippen molar-refractivity contribution in [1.29, 1.82) is 0 Å². The fourth-order valence-corrected chi connectivity index (χ4v) is 6.29. The molecule has 0 bridgehead atoms. The first-order valence-electron chi connectivity index (χ1n) is 11.8. The van der Waals surface area contributed by atoms with Crippen LogP contribution < -0.4 is 10.6 Å². The molecule has 1 saturated heterocycles. The molecule has 36 heavy (non-hydrogen) atoms. The number of benzene rings is 2. The molecule has 2 aromatic carbocycles. The largest absolute Gasteiger partial charge is 0.478 e. The molecule has 190 valence electrons. The Labute approximate surface area is 210 Å². The van der Waals surface area contributed by atoms with Crippen LogP contribution in [0.2, 0.25) is 0 Å². The lowest BCUT2D eigenvalue weighted by Crippen LogP contribution is -2.58. The molecule has 2 amide bonds. The Morgan fingerprint density at radius 3 is 2.67 bits per heavy atom. The van der Waals surface area contributed by atoms with Crippen molar-refractivity contribution < 1.29 is 27.9 Å². The highest BCUT2D eigenvalue weighted by Gasteiger charge is 2.40. The van der Waals surface area contributed by atoms with E-state index in [9.17, 15) is 22.8 Å². The minimum Gasteiger partial charge on any atom is -0.478 e. The van der Waals surface area contributed by atoms with Crippen LogP contribution in [0.15, 0.2) is 53.4 Å². The van der Waals surface area contributed by atoms with E-state index in [1.165, 1.54) is 18.2 Å². The van der Waals surface area contributed by atoms with Crippen LogP contribution in [-0.2, 0) is 30.8 Å². The molecule has 2 aromatic rings. The van der Waals surface area contributed by atoms with Gasteiger partial charge in [0.2, 0.25) is 21.8 Å². The van der Waals surface area contributed by atoms with Gasteiger partial charge in [0.15, 0.2) is 0 Å². The van der Waals surface area contributed by atoms with Gasteiger partial charge in [-0.1, -0.05) is 35.9 Å². The van der Waals surface area contributed by atoms with Crippen LogP contribution >= 0.6 is 0 Å². The monoisotopic (exact) mass is 511 g/mol. The summed E-state index contributed by atoms with van der Waals surface area (Å²) in [4.78, 5) is 36.6. The summed E-state index contributed by atoms with van der Waals surface area (Å²) in [5, 5.41) is 14.5. The number of amides is 2. The Morgan fingerprint density at radius 1 is 1.19 bits per heavy atom. The van der Waals surface area contributed by atoms with Crippen molar-refractivity contribution in [2.24, 2.45) is 0 Å². The number of hydrogen-bond donors (Lipinski definition) is 3. The average Bonchev–Trinajstić information content (AvgIpc) is 2.84. The van der Waals surface area contributed by atoms with Gasteiger partial charge in [-0.05, 0) is 61.1 Å². The van der Waals surface area contributed by atoms with Gasteiger partial charge in [-0.2, -0.15) is 4.31 Å². The molecule has 0 spiro atoms. The number of sulfonamides is 1. The number of carboxylic acids is 1. The molecule has 2 atom stereocenters. The summed E-state index contributed by atoms with van der Waals surface area (Å²) in [6, 6.07) is 10.6. The van der Waals surface area contributed by atoms with E-state index in [1.807, 2.05) is 19.1 Å². The first kappa shape index (κ1) is 25.6. The summed E-state index contributed by atoms with van der Waals surface area (Å²) in [5.41, 5.74) is 3.65. The van der Waals surface area contributed by atoms with Crippen LogP contribution in [0.3, 0.4) is 0 Å². The molecule has 1 unspecified atom stereocenters. The number of hydrogen-bond acceptors (Lipinski definition) is 5. The zero-order valence-corrected chi connectivity index (χ0v) is 20.8. The number of nitrogens with one attached hydrogen (secondary N) is 2. The van der Waals surface area contributed by atoms with E-state index < -0.39 is 33.8 Å². The molecule has 3 N–H and O–H groups in total. The van der Waals surface area contributed by atoms with E-state index in [2.05, 4.69) is 10.6 Å². The fourth-order valence-electron chi connectivity index (χ4n) is 4.71. The summed E-state index contributed by atoms with van der Waals surface area (Å²) in [6.07, 6.45) is 4.67. The number of aryl methyl sites for hydroxylation is 2. The standard InChI is InChI=1S/C26H29N3O6S/c1-17-5-9-20(10-6-17)36(34,35)29-14-13-27-26(33)23(29)16-24(30)28-22-4-2-3-19-15-18(7-11-21(19)22)8-12-25(31)32/h5-12,15,22-23H,2-4,13-14,16H2,1H3,(H,27,33)(H,28,30)(H,31,32)/b12-8+/t22-,23?/m1/s1. The first-order valence-corrected chi connectivity index (χ1v) is 13.3. The Balaban J connectivity index is 1.50. The second-order valence-electron chi connectivity index (χ2n) is 9.08. The molecule has 1 aliphatic carbocycles. The molecular formula is C26H29N3O6S. The molecule has 0 aromatic heterocycles. The zero-order chi connectivity index (χ0) is 25.9. The van der Waals surface area contributed by atoms with Crippen molar-refractivity contribution in [2.45, 2.75) is 49.6 Å². The number of carboxylic acid groups (broad SMARTS) is 1. The first-order chi connectivity index (χ1) is 17.1. The van der Waals surface area contributed by atoms with Crippen LogP contribution in [0.4, 0.5) is 0 Å². The highest BCUT2D eigenvalue weighted by atomic mass is 32.2. The zero-order valence-electron chi connectivity index (χ0n) is 19.9. The third-order valence-corrected chi connectivity index (χ3v) is 8.45. The number of nitrogens with zero attached hydrogens (tertiary/aromatic N) is 1. The van der Waals surface area contributed by atoms with Crippen molar-refractivity contribution in [3.05, 3.63) is 70.8 Å². The highest BCUT2D eigenvalue weighted by Crippen LogP contribution is 2.31. The van der Waals surface area contributed by atoms with E-state index >= 15 is 0 Å². The number of rotatable bonds is 7. The molecule has 1 aliphatic heterocycles. The van der Waals surface area contributed by atoms with Crippen LogP contribution in [0.5, 0.6) is 0 Å². The van der Waals surface area contributed by atoms with Gasteiger partial charge >= 0.3 is 5.97 Å². The van der Waals surface area contributed by atoms with Gasteiger partial charge in [0.1, 0.15) is 6.04 Å². The lowest BCUT2D eigenvalue weighted by molar-refractivity contribution is -0.132. The van der Waals surface area contributed by atoms with E-state index in [4.69, 9.17) is 5.11 Å². The fraction of sp³-hybridized carbons (Fsp3) is 0.346. The second-order valence-corrected chi connectivity index (χ2v) is 11.0. The minimum atomic E-state index is -3.96. The van der Waals surface area contributed by atoms with Crippen LogP contribution in [-0.4, -0.2) is 54.7 Å². The average molecular weight is 512 g/mol. The van der Waals surface area contributed by atoms with Gasteiger partial charge in [-0.25, -0.2) is 13.2 Å². The highest BCUT2D eigenvalue weighted by molar-refractivity contribution is 7.89. The smallest absolute Gasteiger partial charge is 0.328 e. The van der Waals surface area contributed by atoms with Crippen LogP contribution in [0.25, 0.3) is 6.08 Å². The van der Waals surface area contributed by atoms with E-state index in [-0.39, 0.29) is 30.4 Å². The Kier molecular flexibility index (Phi) is 7.56. The molecule has 4 rings (SSSR count). The summed E-state index contributed by atoms with van der Waals surface area (Å²) in [7, 11) is -3.96. The number of carbonyl (C=O) groups excluding carboxylic acids is 2. The van der Waals surface area contributed by atoms with Gasteiger partial charge in [-0.15, -0.1) is 0 Å². The van der Waals surface area contributed by atoms with Gasteiger partial charge in [0, 0.05) is 19.2 Å². The summed E-state index contributed by atoms with van der Waals surface area (Å²) in [5.74, 6) is -1.93. The molecule has 0 radical (unpaired) electrons. The van der Waals surface area contributed by atoms with E-state index in [0.29, 0.717) is 6.42 Å². The second kappa shape index (κ2) is 10.6. The Bertz CT molecular complexity index is 1300. The Hall–Kier alpha value is -3.50. The lowest BCUT2D eigenvalue weighted by atomic mass is 9.86. The van der Waals surface area contributed by atoms with Crippen LogP contribution in [0, 0.1) is 6.92 Å². The topological polar surface area (TPSA) is 133 Å². The molecule has 1 heterocycles. The summed E-state index contributed by atoms with van der Waals surface area (Å²) >= 11 is 0. The van der Waals surface area contributed by atoms with E-state index in [1.54, 1.807) is 18.2 Å². The third kappa shape index (κ3) is 5.66. The maximum atomic E-state index is 13.3. The molecular weight excluding hydrogens is 482 g/mol. The molecule has 0 saturated carbocycles. The summed E-state index contributed by atoms with van der Waals surface area (Å²) < 4.78 is 27.7. The number of carbonyl (C=O) groups is 3. The molecule has 9 nitrogen and oxygen atoms in total. The van der Waals surface area contributed by atoms with Crippen LogP contribution in [0.1, 0.15) is 47.6 Å². The predicted octanol–water partition coefficient (Wildman–Crippen LogP) is 2.17. The SMILES string of the molecule is Cc1ccc(S(=O)(=O)N2CCNC(=O)C2CC(=O)N[C@@H]2CCCc3cc(/C=C/C(=O)O)ccc32)cc1. The molecule has 2 aliphatic rings. The van der Waals surface area contributed by atoms with Gasteiger partial charge in [0.25, 0.3) is 0 Å². The number of fused-ring (bicyclic) bond motifs is 1. The van der Waals surface area contributed by atoms with Gasteiger partial charge in [0.05, 0.1) is 17.4 Å². The van der Waals surface area contributed by atoms with Gasteiger partial charge in [-0.3, -0.25) is 9.59 Å².